The van der Waals surface area contributed by atoms with Gasteiger partial charge in [-0.1, -0.05) is 5.57 Å². The molecule has 2 atom stereocenters. The molecule has 0 amide bonds. The summed E-state index contributed by atoms with van der Waals surface area (Å²) in [6.07, 6.45) is 7.52. The second kappa shape index (κ2) is 9.63. The highest BCUT2D eigenvalue weighted by Crippen LogP contribution is 2.45. The fourth-order valence-electron chi connectivity index (χ4n) is 6.37. The molecule has 2 fully saturated rings. The summed E-state index contributed by atoms with van der Waals surface area (Å²) >= 11 is 0. The number of benzene rings is 2. The van der Waals surface area contributed by atoms with E-state index in [1.807, 2.05) is 23.0 Å². The van der Waals surface area contributed by atoms with Gasteiger partial charge >= 0.3 is 0 Å². The van der Waals surface area contributed by atoms with Gasteiger partial charge in [0.05, 0.1) is 29.1 Å². The number of piperidine rings is 1. The van der Waals surface area contributed by atoms with Crippen molar-refractivity contribution in [2.45, 2.75) is 43.5 Å². The van der Waals surface area contributed by atoms with E-state index in [2.05, 4.69) is 23.0 Å². The minimum Gasteiger partial charge on any atom is -0.384 e. The van der Waals surface area contributed by atoms with Gasteiger partial charge in [0.25, 0.3) is 0 Å². The Kier molecular flexibility index (Phi) is 6.40. The molecule has 1 aromatic heterocycles. The van der Waals surface area contributed by atoms with Crippen molar-refractivity contribution in [3.05, 3.63) is 77.4 Å². The molecule has 2 aromatic carbocycles. The first-order valence-corrected chi connectivity index (χ1v) is 14.6. The number of halogens is 1. The smallest absolute Gasteiger partial charge is 0.243 e. The van der Waals surface area contributed by atoms with Crippen molar-refractivity contribution in [3.63, 3.8) is 0 Å². The Morgan fingerprint density at radius 2 is 1.82 bits per heavy atom. The third-order valence-electron chi connectivity index (χ3n) is 8.37. The molecule has 200 valence electrons. The van der Waals surface area contributed by atoms with Crippen LogP contribution in [0.5, 0.6) is 0 Å². The molecule has 0 spiro atoms. The van der Waals surface area contributed by atoms with Gasteiger partial charge in [0.15, 0.2) is 0 Å². The first kappa shape index (κ1) is 25.3. The molecule has 7 nitrogen and oxygen atoms in total. The average Bonchev–Trinajstić information content (AvgIpc) is 3.53. The highest BCUT2D eigenvalue weighted by atomic mass is 32.2. The second-order valence-electron chi connectivity index (χ2n) is 10.8. The molecule has 6 rings (SSSR count). The van der Waals surface area contributed by atoms with Crippen LogP contribution < -0.4 is 4.90 Å². The molecule has 0 saturated carbocycles. The SMILES string of the molecule is COC[C@]12Cc3cnn(-c4ccc(F)cc4)c3C=C1CCN(S(=O)(=O)c1ccc(N3CCC[C@H]3C)cc1)C2. The van der Waals surface area contributed by atoms with Crippen molar-refractivity contribution in [2.75, 3.05) is 38.3 Å². The minimum absolute atomic E-state index is 0.291. The Balaban J connectivity index is 1.28. The molecule has 2 aliphatic heterocycles. The number of methoxy groups -OCH3 is 1. The summed E-state index contributed by atoms with van der Waals surface area (Å²) in [6, 6.07) is 14.1. The molecule has 0 bridgehead atoms. The monoisotopic (exact) mass is 536 g/mol. The lowest BCUT2D eigenvalue weighted by Gasteiger charge is -2.45. The topological polar surface area (TPSA) is 67.7 Å². The van der Waals surface area contributed by atoms with E-state index >= 15 is 0 Å². The van der Waals surface area contributed by atoms with E-state index in [0.717, 1.165) is 42.0 Å². The summed E-state index contributed by atoms with van der Waals surface area (Å²) in [7, 11) is -2.00. The van der Waals surface area contributed by atoms with Crippen molar-refractivity contribution in [1.29, 1.82) is 0 Å². The Labute approximate surface area is 223 Å². The number of ether oxygens (including phenoxy) is 1. The van der Waals surface area contributed by atoms with Gasteiger partial charge in [-0.3, -0.25) is 0 Å². The van der Waals surface area contributed by atoms with Gasteiger partial charge in [0.1, 0.15) is 5.82 Å². The average molecular weight is 537 g/mol. The Hall–Kier alpha value is -3.01. The van der Waals surface area contributed by atoms with E-state index in [1.54, 1.807) is 35.7 Å². The molecular formula is C29H33FN4O3S. The normalized spacial score (nSPS) is 23.7. The number of anilines is 1. The van der Waals surface area contributed by atoms with Crippen LogP contribution in [0.3, 0.4) is 0 Å². The number of aromatic nitrogens is 2. The van der Waals surface area contributed by atoms with Gasteiger partial charge in [0.2, 0.25) is 10.0 Å². The quantitative estimate of drug-likeness (QED) is 0.458. The van der Waals surface area contributed by atoms with Crippen LogP contribution in [0.1, 0.15) is 37.4 Å². The summed E-state index contributed by atoms with van der Waals surface area (Å²) in [5.41, 5.74) is 4.55. The highest BCUT2D eigenvalue weighted by molar-refractivity contribution is 7.89. The lowest BCUT2D eigenvalue weighted by atomic mass is 9.69. The molecular weight excluding hydrogens is 503 g/mol. The molecule has 38 heavy (non-hydrogen) atoms. The third-order valence-corrected chi connectivity index (χ3v) is 10.2. The zero-order chi connectivity index (χ0) is 26.5. The van der Waals surface area contributed by atoms with Gasteiger partial charge in [-0.05, 0) is 92.8 Å². The lowest BCUT2D eigenvalue weighted by Crippen LogP contribution is -2.51. The molecule has 3 heterocycles. The van der Waals surface area contributed by atoms with Crippen LogP contribution in [-0.4, -0.2) is 61.9 Å². The van der Waals surface area contributed by atoms with Crippen molar-refractivity contribution in [2.24, 2.45) is 5.41 Å². The van der Waals surface area contributed by atoms with Gasteiger partial charge < -0.3 is 9.64 Å². The van der Waals surface area contributed by atoms with Gasteiger partial charge in [-0.25, -0.2) is 17.5 Å². The molecule has 2 saturated heterocycles. The van der Waals surface area contributed by atoms with Crippen LogP contribution in [0, 0.1) is 11.2 Å². The predicted octanol–water partition coefficient (Wildman–Crippen LogP) is 4.67. The van der Waals surface area contributed by atoms with E-state index in [1.165, 1.54) is 17.7 Å². The molecule has 0 unspecified atom stereocenters. The summed E-state index contributed by atoms with van der Waals surface area (Å²) in [5, 5.41) is 4.58. The van der Waals surface area contributed by atoms with E-state index in [0.29, 0.717) is 43.5 Å². The largest absolute Gasteiger partial charge is 0.384 e. The summed E-state index contributed by atoms with van der Waals surface area (Å²) in [6.45, 7) is 4.39. The maximum Gasteiger partial charge on any atom is 0.243 e. The molecule has 0 N–H and O–H groups in total. The summed E-state index contributed by atoms with van der Waals surface area (Å²) in [4.78, 5) is 2.67. The number of hydrogen-bond donors (Lipinski definition) is 0. The highest BCUT2D eigenvalue weighted by Gasteiger charge is 2.46. The van der Waals surface area contributed by atoms with Crippen LogP contribution in [-0.2, 0) is 21.2 Å². The van der Waals surface area contributed by atoms with Gasteiger partial charge in [0, 0.05) is 43.9 Å². The third kappa shape index (κ3) is 4.26. The number of fused-ring (bicyclic) bond motifs is 2. The van der Waals surface area contributed by atoms with Crippen LogP contribution >= 0.6 is 0 Å². The van der Waals surface area contributed by atoms with E-state index < -0.39 is 15.4 Å². The first-order valence-electron chi connectivity index (χ1n) is 13.2. The zero-order valence-corrected chi connectivity index (χ0v) is 22.6. The van der Waals surface area contributed by atoms with E-state index in [4.69, 9.17) is 4.74 Å². The predicted molar refractivity (Wildman–Crippen MR) is 145 cm³/mol. The first-order chi connectivity index (χ1) is 18.3. The Morgan fingerprint density at radius 3 is 2.50 bits per heavy atom. The molecule has 9 heteroatoms. The number of rotatable bonds is 6. The number of nitrogens with zero attached hydrogens (tertiary/aromatic N) is 4. The van der Waals surface area contributed by atoms with Crippen molar-refractivity contribution in [1.82, 2.24) is 14.1 Å². The summed E-state index contributed by atoms with van der Waals surface area (Å²) in [5.74, 6) is -0.291. The van der Waals surface area contributed by atoms with Crippen molar-refractivity contribution >= 4 is 21.8 Å². The van der Waals surface area contributed by atoms with Crippen molar-refractivity contribution in [3.8, 4) is 5.69 Å². The van der Waals surface area contributed by atoms with Crippen LogP contribution in [0.15, 0.2) is 65.2 Å². The van der Waals surface area contributed by atoms with Gasteiger partial charge in [-0.2, -0.15) is 9.40 Å². The maximum atomic E-state index is 13.8. The summed E-state index contributed by atoms with van der Waals surface area (Å²) < 4.78 is 50.1. The van der Waals surface area contributed by atoms with Crippen LogP contribution in [0.4, 0.5) is 10.1 Å². The fourth-order valence-corrected chi connectivity index (χ4v) is 7.90. The van der Waals surface area contributed by atoms with Crippen LogP contribution in [0.25, 0.3) is 11.8 Å². The van der Waals surface area contributed by atoms with E-state index in [9.17, 15) is 12.8 Å². The lowest BCUT2D eigenvalue weighted by molar-refractivity contribution is 0.0733. The van der Waals surface area contributed by atoms with Gasteiger partial charge in [-0.15, -0.1) is 0 Å². The fraction of sp³-hybridized carbons (Fsp3) is 0.414. The number of sulfonamides is 1. The van der Waals surface area contributed by atoms with E-state index in [-0.39, 0.29) is 5.82 Å². The van der Waals surface area contributed by atoms with Crippen LogP contribution in [0.2, 0.25) is 0 Å². The molecule has 3 aromatic rings. The maximum absolute atomic E-state index is 13.8. The molecule has 0 radical (unpaired) electrons. The Morgan fingerprint density at radius 1 is 1.08 bits per heavy atom. The minimum atomic E-state index is -3.67. The molecule has 3 aliphatic rings. The number of hydrogen-bond acceptors (Lipinski definition) is 5. The zero-order valence-electron chi connectivity index (χ0n) is 21.8. The van der Waals surface area contributed by atoms with Crippen molar-refractivity contribution < 1.29 is 17.5 Å². The molecule has 1 aliphatic carbocycles. The second-order valence-corrected chi connectivity index (χ2v) is 12.7. The Bertz CT molecular complexity index is 1470. The standard InChI is InChI=1S/C29H33FN4O3S/c1-21-4-3-14-33(21)25-9-11-27(12-10-25)38(35,36)32-15-13-23-16-28-22(17-29(23,19-32)20-37-2)18-31-34(28)26-7-5-24(30)6-8-26/h5-12,16,18,21H,3-4,13-15,17,19-20H2,1-2H3/t21-,29-/m1/s1.